The van der Waals surface area contributed by atoms with Crippen LogP contribution in [0.15, 0.2) is 23.1 Å². The zero-order valence-corrected chi connectivity index (χ0v) is 13.3. The lowest BCUT2D eigenvalue weighted by molar-refractivity contribution is 0.308. The third-order valence-electron chi connectivity index (χ3n) is 4.26. The van der Waals surface area contributed by atoms with Crippen LogP contribution in [0, 0.1) is 29.0 Å². The first kappa shape index (κ1) is 16.3. The zero-order chi connectivity index (χ0) is 15.6. The molecule has 21 heavy (non-hydrogen) atoms. The predicted octanol–water partition coefficient (Wildman–Crippen LogP) is 3.97. The summed E-state index contributed by atoms with van der Waals surface area (Å²) in [5.41, 5.74) is 0. The lowest BCUT2D eigenvalue weighted by Crippen LogP contribution is -2.35. The molecule has 2 rings (SSSR count). The minimum absolute atomic E-state index is 0.00379. The number of benzene rings is 1. The van der Waals surface area contributed by atoms with Gasteiger partial charge in [-0.25, -0.2) is 12.8 Å². The van der Waals surface area contributed by atoms with Gasteiger partial charge in [0.25, 0.3) is 0 Å². The van der Waals surface area contributed by atoms with E-state index in [2.05, 4.69) is 6.07 Å². The van der Waals surface area contributed by atoms with Gasteiger partial charge in [-0.15, -0.1) is 0 Å². The van der Waals surface area contributed by atoms with Crippen LogP contribution in [0.5, 0.6) is 0 Å². The molecule has 1 aromatic rings. The van der Waals surface area contributed by atoms with E-state index in [-0.39, 0.29) is 9.92 Å². The highest BCUT2D eigenvalue weighted by Gasteiger charge is 2.39. The Kier molecular flexibility index (Phi) is 4.90. The molecule has 0 saturated heterocycles. The van der Waals surface area contributed by atoms with Crippen LogP contribution in [0.3, 0.4) is 0 Å². The van der Waals surface area contributed by atoms with Gasteiger partial charge in [-0.3, -0.25) is 0 Å². The van der Waals surface area contributed by atoms with E-state index in [1.54, 1.807) is 0 Å². The quantitative estimate of drug-likeness (QED) is 0.788. The Hall–Kier alpha value is -1.12. The van der Waals surface area contributed by atoms with Crippen LogP contribution >= 0.6 is 11.6 Å². The summed E-state index contributed by atoms with van der Waals surface area (Å²) in [6.07, 6.45) is 2.85. The molecule has 0 aromatic heterocycles. The van der Waals surface area contributed by atoms with Crippen molar-refractivity contribution in [3.8, 4) is 6.07 Å². The summed E-state index contributed by atoms with van der Waals surface area (Å²) in [5, 5.41) is 8.28. The van der Waals surface area contributed by atoms with Gasteiger partial charge in [0.15, 0.2) is 9.84 Å². The predicted molar refractivity (Wildman–Crippen MR) is 79.1 cm³/mol. The lowest BCUT2D eigenvalue weighted by Gasteiger charge is -2.31. The molecule has 3 atom stereocenters. The second-order valence-corrected chi connectivity index (χ2v) is 8.06. The maximum absolute atomic E-state index is 13.2. The Bertz CT molecular complexity index is 669. The van der Waals surface area contributed by atoms with Gasteiger partial charge in [0.2, 0.25) is 0 Å². The highest BCUT2D eigenvalue weighted by Crippen LogP contribution is 2.37. The van der Waals surface area contributed by atoms with Gasteiger partial charge in [0.05, 0.1) is 27.2 Å². The first-order valence-corrected chi connectivity index (χ1v) is 8.91. The topological polar surface area (TPSA) is 57.9 Å². The molecule has 1 aromatic carbocycles. The molecule has 3 nitrogen and oxygen atoms in total. The molecule has 0 radical (unpaired) electrons. The van der Waals surface area contributed by atoms with Gasteiger partial charge >= 0.3 is 0 Å². The van der Waals surface area contributed by atoms with Crippen molar-refractivity contribution in [3.05, 3.63) is 29.0 Å². The molecule has 0 bridgehead atoms. The molecule has 0 amide bonds. The Balaban J connectivity index is 2.40. The highest BCUT2D eigenvalue weighted by molar-refractivity contribution is 7.92. The Morgan fingerprint density at radius 1 is 1.43 bits per heavy atom. The summed E-state index contributed by atoms with van der Waals surface area (Å²) in [5.74, 6) is -0.852. The van der Waals surface area contributed by atoms with E-state index in [0.29, 0.717) is 18.8 Å². The van der Waals surface area contributed by atoms with E-state index in [0.717, 1.165) is 25.0 Å². The van der Waals surface area contributed by atoms with Gasteiger partial charge in [0, 0.05) is 0 Å². The van der Waals surface area contributed by atoms with Crippen molar-refractivity contribution in [2.24, 2.45) is 11.8 Å². The lowest BCUT2D eigenvalue weighted by atomic mass is 9.81. The standard InChI is InChI=1S/C15H17ClFNO2S/c1-2-10-3-4-11(9-18)15(7-10)21(19,20)12-5-6-14(17)13(16)8-12/h5-6,8,10-11,15H,2-4,7H2,1H3. The third kappa shape index (κ3) is 3.22. The van der Waals surface area contributed by atoms with Crippen LogP contribution in [0.25, 0.3) is 0 Å². The maximum atomic E-state index is 13.2. The molecule has 114 valence electrons. The summed E-state index contributed by atoms with van der Waals surface area (Å²) in [7, 11) is -3.68. The summed E-state index contributed by atoms with van der Waals surface area (Å²) in [6.45, 7) is 2.02. The number of hydrogen-bond donors (Lipinski definition) is 0. The molecule has 1 aliphatic carbocycles. The van der Waals surface area contributed by atoms with Crippen molar-refractivity contribution in [1.82, 2.24) is 0 Å². The fourth-order valence-corrected chi connectivity index (χ4v) is 5.19. The number of sulfone groups is 1. The minimum atomic E-state index is -3.68. The second kappa shape index (κ2) is 6.33. The van der Waals surface area contributed by atoms with Crippen molar-refractivity contribution in [2.75, 3.05) is 0 Å². The van der Waals surface area contributed by atoms with Crippen molar-refractivity contribution < 1.29 is 12.8 Å². The molecule has 1 aliphatic rings. The summed E-state index contributed by atoms with van der Waals surface area (Å²) < 4.78 is 38.7. The minimum Gasteiger partial charge on any atom is -0.223 e. The van der Waals surface area contributed by atoms with Crippen molar-refractivity contribution in [1.29, 1.82) is 5.26 Å². The summed E-state index contributed by atoms with van der Waals surface area (Å²) in [4.78, 5) is -0.00379. The van der Waals surface area contributed by atoms with Gasteiger partial charge in [0.1, 0.15) is 5.82 Å². The first-order valence-electron chi connectivity index (χ1n) is 6.98. The van der Waals surface area contributed by atoms with Crippen molar-refractivity contribution >= 4 is 21.4 Å². The smallest absolute Gasteiger partial charge is 0.182 e. The van der Waals surface area contributed by atoms with E-state index in [9.17, 15) is 18.1 Å². The first-order chi connectivity index (χ1) is 9.90. The molecular weight excluding hydrogens is 313 g/mol. The molecule has 0 heterocycles. The second-order valence-electron chi connectivity index (χ2n) is 5.48. The molecular formula is C15H17ClFNO2S. The van der Waals surface area contributed by atoms with E-state index in [1.165, 1.54) is 6.07 Å². The molecule has 0 aliphatic heterocycles. The summed E-state index contributed by atoms with van der Waals surface area (Å²) in [6, 6.07) is 5.52. The van der Waals surface area contributed by atoms with E-state index < -0.39 is 26.8 Å². The average molecular weight is 330 g/mol. The Morgan fingerprint density at radius 3 is 2.71 bits per heavy atom. The number of nitrogens with zero attached hydrogens (tertiary/aromatic N) is 1. The number of rotatable bonds is 3. The van der Waals surface area contributed by atoms with Gasteiger partial charge in [-0.05, 0) is 43.4 Å². The maximum Gasteiger partial charge on any atom is 0.182 e. The molecule has 1 fully saturated rings. The van der Waals surface area contributed by atoms with Crippen LogP contribution in [-0.4, -0.2) is 13.7 Å². The Labute approximate surface area is 129 Å². The number of hydrogen-bond acceptors (Lipinski definition) is 3. The largest absolute Gasteiger partial charge is 0.223 e. The highest BCUT2D eigenvalue weighted by atomic mass is 35.5. The molecule has 0 N–H and O–H groups in total. The van der Waals surface area contributed by atoms with Crippen molar-refractivity contribution in [3.63, 3.8) is 0 Å². The molecule has 0 spiro atoms. The number of nitriles is 1. The fraction of sp³-hybridized carbons (Fsp3) is 0.533. The van der Waals surface area contributed by atoms with Crippen LogP contribution in [0.4, 0.5) is 4.39 Å². The van der Waals surface area contributed by atoms with E-state index >= 15 is 0 Å². The zero-order valence-electron chi connectivity index (χ0n) is 11.7. The van der Waals surface area contributed by atoms with E-state index in [4.69, 9.17) is 11.6 Å². The average Bonchev–Trinajstić information content (AvgIpc) is 2.49. The van der Waals surface area contributed by atoms with Crippen molar-refractivity contribution in [2.45, 2.75) is 42.8 Å². The van der Waals surface area contributed by atoms with Crippen LogP contribution < -0.4 is 0 Å². The molecule has 6 heteroatoms. The normalized spacial score (nSPS) is 26.3. The van der Waals surface area contributed by atoms with Crippen LogP contribution in [0.2, 0.25) is 5.02 Å². The monoisotopic (exact) mass is 329 g/mol. The Morgan fingerprint density at radius 2 is 2.14 bits per heavy atom. The van der Waals surface area contributed by atoms with Gasteiger partial charge in [-0.2, -0.15) is 5.26 Å². The van der Waals surface area contributed by atoms with Gasteiger partial charge < -0.3 is 0 Å². The van der Waals surface area contributed by atoms with Gasteiger partial charge in [-0.1, -0.05) is 24.9 Å². The SMILES string of the molecule is CCC1CCC(C#N)C(S(=O)(=O)c2ccc(F)c(Cl)c2)C1. The van der Waals surface area contributed by atoms with E-state index in [1.807, 2.05) is 6.92 Å². The third-order valence-corrected chi connectivity index (χ3v) is 6.78. The van der Waals surface area contributed by atoms with Crippen LogP contribution in [-0.2, 0) is 9.84 Å². The molecule has 1 saturated carbocycles. The number of halogens is 2. The molecule has 3 unspecified atom stereocenters. The fourth-order valence-electron chi connectivity index (χ4n) is 2.90. The summed E-state index contributed by atoms with van der Waals surface area (Å²) >= 11 is 5.68. The van der Waals surface area contributed by atoms with Crippen LogP contribution in [0.1, 0.15) is 32.6 Å².